The molecular weight excluding hydrogens is 364 g/mol. The number of carbonyl (C=O) groups is 1. The van der Waals surface area contributed by atoms with Crippen LogP contribution in [0.3, 0.4) is 0 Å². The Morgan fingerprint density at radius 2 is 1.38 bits per heavy atom. The molecule has 2 aromatic rings. The lowest BCUT2D eigenvalue weighted by Crippen LogP contribution is -2.42. The van der Waals surface area contributed by atoms with Gasteiger partial charge in [0, 0.05) is 6.08 Å². The van der Waals surface area contributed by atoms with E-state index in [1.54, 1.807) is 18.2 Å². The van der Waals surface area contributed by atoms with Gasteiger partial charge in [0.25, 0.3) is 0 Å². The normalized spacial score (nSPS) is 18.0. The van der Waals surface area contributed by atoms with Crippen molar-refractivity contribution in [1.82, 2.24) is 0 Å². The van der Waals surface area contributed by atoms with E-state index in [9.17, 15) is 9.90 Å². The summed E-state index contributed by atoms with van der Waals surface area (Å²) in [6.45, 7) is 8.45. The monoisotopic (exact) mass is 392 g/mol. The topological polar surface area (TPSA) is 66.8 Å². The molecule has 1 aliphatic heterocycles. The summed E-state index contributed by atoms with van der Waals surface area (Å²) in [4.78, 5) is 10.8. The number of hydrogen-bond acceptors (Lipinski definition) is 3. The van der Waals surface area contributed by atoms with E-state index in [-0.39, 0.29) is 17.0 Å². The quantitative estimate of drug-likeness (QED) is 0.659. The van der Waals surface area contributed by atoms with Gasteiger partial charge in [-0.2, -0.15) is 0 Å². The molecule has 1 fully saturated rings. The van der Waals surface area contributed by atoms with Crippen LogP contribution in [0.15, 0.2) is 60.2 Å². The molecule has 29 heavy (non-hydrogen) atoms. The summed E-state index contributed by atoms with van der Waals surface area (Å²) in [5.74, 6) is -0.729. The Kier molecular flexibility index (Phi) is 5.67. The molecular formula is C25H28O4. The van der Waals surface area contributed by atoms with Crippen LogP contribution in [0.25, 0.3) is 11.6 Å². The van der Waals surface area contributed by atoms with Gasteiger partial charge in [-0.05, 0) is 81.0 Å². The maximum Gasteiger partial charge on any atom is 0.328 e. The van der Waals surface area contributed by atoms with Gasteiger partial charge in [0.2, 0.25) is 0 Å². The predicted molar refractivity (Wildman–Crippen MR) is 116 cm³/mol. The first-order chi connectivity index (χ1) is 13.5. The molecule has 152 valence electrons. The Morgan fingerprint density at radius 1 is 0.897 bits per heavy atom. The Hall–Kier alpha value is -2.85. The third kappa shape index (κ3) is 5.36. The van der Waals surface area contributed by atoms with Gasteiger partial charge in [-0.1, -0.05) is 42.0 Å². The number of aromatic hydroxyl groups is 1. The molecule has 2 aromatic carbocycles. The molecule has 4 heteroatoms. The first-order valence-electron chi connectivity index (χ1n) is 9.78. The average Bonchev–Trinajstić information content (AvgIpc) is 2.60. The van der Waals surface area contributed by atoms with E-state index in [2.05, 4.69) is 27.7 Å². The largest absolute Gasteiger partial charge is 0.508 e. The van der Waals surface area contributed by atoms with E-state index in [0.29, 0.717) is 0 Å². The van der Waals surface area contributed by atoms with Gasteiger partial charge in [-0.15, -0.1) is 0 Å². The van der Waals surface area contributed by atoms with Gasteiger partial charge in [0.15, 0.2) is 0 Å². The van der Waals surface area contributed by atoms with Crippen molar-refractivity contribution in [3.05, 3.63) is 76.9 Å². The van der Waals surface area contributed by atoms with Crippen LogP contribution in [0.5, 0.6) is 5.75 Å². The summed E-state index contributed by atoms with van der Waals surface area (Å²) in [6.07, 6.45) is 4.35. The van der Waals surface area contributed by atoms with E-state index in [0.717, 1.165) is 41.2 Å². The van der Waals surface area contributed by atoms with E-state index < -0.39 is 5.97 Å². The second-order valence-electron chi connectivity index (χ2n) is 8.79. The Bertz CT molecular complexity index is 927. The molecule has 0 radical (unpaired) electrons. The Balaban J connectivity index is 2.11. The number of hydrogen-bond donors (Lipinski definition) is 2. The number of carboxylic acid groups (broad SMARTS) is 1. The highest BCUT2D eigenvalue weighted by Gasteiger charge is 2.37. The molecule has 3 rings (SSSR count). The molecule has 0 unspecified atom stereocenters. The SMILES string of the molecule is CC1(C)CC(=C(c2ccc(O)cc2)c2ccc(C=CC(=O)O)cc2)CC(C)(C)O1. The molecule has 1 heterocycles. The lowest BCUT2D eigenvalue weighted by molar-refractivity contribution is -0.138. The highest BCUT2D eigenvalue weighted by atomic mass is 16.5. The lowest BCUT2D eigenvalue weighted by atomic mass is 9.79. The molecule has 0 saturated carbocycles. The van der Waals surface area contributed by atoms with E-state index in [1.165, 1.54) is 5.57 Å². The van der Waals surface area contributed by atoms with E-state index >= 15 is 0 Å². The number of rotatable bonds is 4. The second kappa shape index (κ2) is 7.88. The maximum absolute atomic E-state index is 10.8. The van der Waals surface area contributed by atoms with Gasteiger partial charge in [-0.25, -0.2) is 4.79 Å². The standard InChI is InChI=1S/C25H28O4/c1-24(2)15-20(16-25(3,4)29-24)23(19-10-12-21(26)13-11-19)18-8-5-17(6-9-18)7-14-22(27)28/h5-14,26H,15-16H2,1-4H3,(H,27,28). The van der Waals surface area contributed by atoms with Crippen molar-refractivity contribution in [1.29, 1.82) is 0 Å². The summed E-state index contributed by atoms with van der Waals surface area (Å²) in [5.41, 5.74) is 4.84. The minimum atomic E-state index is -0.965. The van der Waals surface area contributed by atoms with E-state index in [4.69, 9.17) is 9.84 Å². The van der Waals surface area contributed by atoms with Gasteiger partial charge >= 0.3 is 5.97 Å². The number of aliphatic carboxylic acids is 1. The highest BCUT2D eigenvalue weighted by Crippen LogP contribution is 2.43. The molecule has 0 atom stereocenters. The third-order valence-electron chi connectivity index (χ3n) is 4.96. The maximum atomic E-state index is 10.8. The fraction of sp³-hybridized carbons (Fsp3) is 0.320. The fourth-order valence-electron chi connectivity index (χ4n) is 4.22. The van der Waals surface area contributed by atoms with Crippen LogP contribution in [-0.4, -0.2) is 27.4 Å². The van der Waals surface area contributed by atoms with Crippen molar-refractivity contribution in [2.75, 3.05) is 0 Å². The summed E-state index contributed by atoms with van der Waals surface area (Å²) in [5, 5.41) is 18.6. The van der Waals surface area contributed by atoms with Crippen LogP contribution < -0.4 is 0 Å². The molecule has 0 aliphatic carbocycles. The lowest BCUT2D eigenvalue weighted by Gasteiger charge is -2.43. The Labute approximate surface area is 172 Å². The minimum absolute atomic E-state index is 0.236. The number of ether oxygens (including phenoxy) is 1. The van der Waals surface area contributed by atoms with Crippen LogP contribution in [-0.2, 0) is 9.53 Å². The van der Waals surface area contributed by atoms with Crippen LogP contribution in [0.2, 0.25) is 0 Å². The van der Waals surface area contributed by atoms with Gasteiger partial charge in [-0.3, -0.25) is 0 Å². The minimum Gasteiger partial charge on any atom is -0.508 e. The highest BCUT2D eigenvalue weighted by molar-refractivity contribution is 5.86. The predicted octanol–water partition coefficient (Wildman–Crippen LogP) is 5.66. The van der Waals surface area contributed by atoms with Crippen molar-refractivity contribution in [2.45, 2.75) is 51.7 Å². The zero-order valence-electron chi connectivity index (χ0n) is 17.4. The van der Waals surface area contributed by atoms with Gasteiger partial charge in [0.1, 0.15) is 5.75 Å². The third-order valence-corrected chi connectivity index (χ3v) is 4.96. The zero-order valence-corrected chi connectivity index (χ0v) is 17.4. The van der Waals surface area contributed by atoms with Crippen molar-refractivity contribution >= 4 is 17.6 Å². The molecule has 4 nitrogen and oxygen atoms in total. The number of phenolic OH excluding ortho intramolecular Hbond substituents is 1. The van der Waals surface area contributed by atoms with E-state index in [1.807, 2.05) is 36.4 Å². The second-order valence-corrected chi connectivity index (χ2v) is 8.79. The summed E-state index contributed by atoms with van der Waals surface area (Å²) >= 11 is 0. The summed E-state index contributed by atoms with van der Waals surface area (Å²) < 4.78 is 6.27. The average molecular weight is 392 g/mol. The van der Waals surface area contributed by atoms with Crippen molar-refractivity contribution < 1.29 is 19.7 Å². The summed E-state index contributed by atoms with van der Waals surface area (Å²) in [6, 6.07) is 15.2. The number of phenols is 1. The fourth-order valence-corrected chi connectivity index (χ4v) is 4.22. The molecule has 0 bridgehead atoms. The summed E-state index contributed by atoms with van der Waals surface area (Å²) in [7, 11) is 0. The van der Waals surface area contributed by atoms with Gasteiger partial charge in [0.05, 0.1) is 11.2 Å². The van der Waals surface area contributed by atoms with Crippen LogP contribution in [0, 0.1) is 0 Å². The van der Waals surface area contributed by atoms with Gasteiger partial charge < -0.3 is 14.9 Å². The molecule has 0 spiro atoms. The number of carboxylic acids is 1. The van der Waals surface area contributed by atoms with Crippen molar-refractivity contribution in [3.63, 3.8) is 0 Å². The molecule has 1 saturated heterocycles. The molecule has 1 aliphatic rings. The van der Waals surface area contributed by atoms with Crippen LogP contribution >= 0.6 is 0 Å². The number of benzene rings is 2. The van der Waals surface area contributed by atoms with Crippen molar-refractivity contribution in [3.8, 4) is 5.75 Å². The Morgan fingerprint density at radius 3 is 1.86 bits per heavy atom. The van der Waals surface area contributed by atoms with Crippen molar-refractivity contribution in [2.24, 2.45) is 0 Å². The molecule has 2 N–H and O–H groups in total. The van der Waals surface area contributed by atoms with Crippen LogP contribution in [0.4, 0.5) is 0 Å². The molecule has 0 aromatic heterocycles. The van der Waals surface area contributed by atoms with Crippen LogP contribution in [0.1, 0.15) is 57.2 Å². The molecule has 0 amide bonds. The first-order valence-corrected chi connectivity index (χ1v) is 9.78. The first kappa shape index (κ1) is 20.9. The zero-order chi connectivity index (χ0) is 21.2. The smallest absolute Gasteiger partial charge is 0.328 e.